The van der Waals surface area contributed by atoms with Crippen LogP contribution in [0.4, 0.5) is 5.13 Å². The summed E-state index contributed by atoms with van der Waals surface area (Å²) in [6.45, 7) is 8.87. The average molecular weight is 269 g/mol. The molecule has 1 amide bonds. The Morgan fingerprint density at radius 1 is 1.56 bits per heavy atom. The van der Waals surface area contributed by atoms with Crippen molar-refractivity contribution in [2.45, 2.75) is 46.0 Å². The summed E-state index contributed by atoms with van der Waals surface area (Å²) in [6, 6.07) is 0. The Kier molecular flexibility index (Phi) is 5.28. The molecular formula is C13H23N3OS. The number of hydrogen-bond donors (Lipinski definition) is 2. The van der Waals surface area contributed by atoms with Crippen molar-refractivity contribution in [1.29, 1.82) is 0 Å². The van der Waals surface area contributed by atoms with Crippen molar-refractivity contribution in [1.82, 2.24) is 4.98 Å². The van der Waals surface area contributed by atoms with E-state index in [1.165, 1.54) is 11.3 Å². The van der Waals surface area contributed by atoms with Gasteiger partial charge in [-0.15, -0.1) is 11.3 Å². The van der Waals surface area contributed by atoms with Crippen LogP contribution in [0.15, 0.2) is 5.38 Å². The lowest BCUT2D eigenvalue weighted by Gasteiger charge is -2.14. The molecule has 0 saturated heterocycles. The molecule has 1 atom stereocenters. The molecule has 18 heavy (non-hydrogen) atoms. The van der Waals surface area contributed by atoms with Crippen LogP contribution in [0, 0.1) is 5.92 Å². The van der Waals surface area contributed by atoms with E-state index in [1.54, 1.807) is 0 Å². The number of carbonyl (C=O) groups excluding carboxylic acids is 1. The van der Waals surface area contributed by atoms with Crippen LogP contribution in [0.5, 0.6) is 0 Å². The van der Waals surface area contributed by atoms with E-state index in [0.29, 0.717) is 11.7 Å². The molecule has 1 rings (SSSR count). The smallest absolute Gasteiger partial charge is 0.228 e. The fourth-order valence-electron chi connectivity index (χ4n) is 1.46. The Hall–Kier alpha value is -0.940. The normalized spacial score (nSPS) is 13.4. The van der Waals surface area contributed by atoms with Crippen LogP contribution in [0.1, 0.15) is 46.2 Å². The van der Waals surface area contributed by atoms with E-state index in [2.05, 4.69) is 31.1 Å². The number of aromatic nitrogens is 1. The van der Waals surface area contributed by atoms with Crippen LogP contribution in [-0.4, -0.2) is 17.4 Å². The number of nitrogens with two attached hydrogens (primary N) is 1. The van der Waals surface area contributed by atoms with Crippen LogP contribution < -0.4 is 11.1 Å². The fourth-order valence-corrected chi connectivity index (χ4v) is 2.40. The molecule has 4 nitrogen and oxygen atoms in total. The number of nitrogens with one attached hydrogen (secondary N) is 1. The number of hydrogen-bond acceptors (Lipinski definition) is 4. The monoisotopic (exact) mass is 269 g/mol. The second-order valence-electron chi connectivity index (χ2n) is 5.61. The fraction of sp³-hybridized carbons (Fsp3) is 0.692. The first kappa shape index (κ1) is 15.1. The van der Waals surface area contributed by atoms with Gasteiger partial charge < -0.3 is 11.1 Å². The molecule has 102 valence electrons. The number of rotatable bonds is 5. The van der Waals surface area contributed by atoms with E-state index >= 15 is 0 Å². The largest absolute Gasteiger partial charge is 0.330 e. The van der Waals surface area contributed by atoms with E-state index in [0.717, 1.165) is 18.5 Å². The molecular weight excluding hydrogens is 246 g/mol. The van der Waals surface area contributed by atoms with Gasteiger partial charge in [0.2, 0.25) is 5.91 Å². The summed E-state index contributed by atoms with van der Waals surface area (Å²) in [5.74, 6) is 0.00814. The minimum atomic E-state index is -0.0180. The maximum atomic E-state index is 11.9. The van der Waals surface area contributed by atoms with Gasteiger partial charge in [0.05, 0.1) is 5.69 Å². The Bertz CT molecular complexity index is 395. The highest BCUT2D eigenvalue weighted by Gasteiger charge is 2.19. The molecule has 0 bridgehead atoms. The van der Waals surface area contributed by atoms with Gasteiger partial charge in [0.25, 0.3) is 0 Å². The van der Waals surface area contributed by atoms with Crippen molar-refractivity contribution in [3.63, 3.8) is 0 Å². The maximum Gasteiger partial charge on any atom is 0.228 e. The highest BCUT2D eigenvalue weighted by molar-refractivity contribution is 7.13. The number of anilines is 1. The highest BCUT2D eigenvalue weighted by Crippen LogP contribution is 2.26. The van der Waals surface area contributed by atoms with Crippen molar-refractivity contribution in [2.24, 2.45) is 11.7 Å². The van der Waals surface area contributed by atoms with Gasteiger partial charge in [0, 0.05) is 16.7 Å². The van der Waals surface area contributed by atoms with Gasteiger partial charge in [-0.2, -0.15) is 0 Å². The molecule has 3 N–H and O–H groups in total. The summed E-state index contributed by atoms with van der Waals surface area (Å²) in [4.78, 5) is 16.3. The Balaban J connectivity index is 2.57. The zero-order valence-electron chi connectivity index (χ0n) is 11.6. The molecule has 0 radical (unpaired) electrons. The van der Waals surface area contributed by atoms with Gasteiger partial charge in [-0.3, -0.25) is 4.79 Å². The topological polar surface area (TPSA) is 68.0 Å². The van der Waals surface area contributed by atoms with Gasteiger partial charge in [0.1, 0.15) is 0 Å². The van der Waals surface area contributed by atoms with Crippen LogP contribution >= 0.6 is 11.3 Å². The zero-order chi connectivity index (χ0) is 13.8. The summed E-state index contributed by atoms with van der Waals surface area (Å²) in [7, 11) is 0. The highest BCUT2D eigenvalue weighted by atomic mass is 32.1. The summed E-state index contributed by atoms with van der Waals surface area (Å²) in [6.07, 6.45) is 1.69. The molecule has 0 aliphatic rings. The number of nitrogens with zero attached hydrogens (tertiary/aromatic N) is 1. The Labute approximate surface area is 113 Å². The van der Waals surface area contributed by atoms with Crippen molar-refractivity contribution < 1.29 is 4.79 Å². The van der Waals surface area contributed by atoms with Crippen LogP contribution in [0.2, 0.25) is 0 Å². The van der Waals surface area contributed by atoms with Crippen LogP contribution in [-0.2, 0) is 10.2 Å². The SMILES string of the molecule is CC(CCCN)C(=O)Nc1nc(C(C)(C)C)cs1. The first-order chi connectivity index (χ1) is 8.34. The molecule has 0 aliphatic carbocycles. The molecule has 1 aromatic heterocycles. The predicted molar refractivity (Wildman–Crippen MR) is 76.9 cm³/mol. The average Bonchev–Trinajstić information content (AvgIpc) is 2.73. The maximum absolute atomic E-state index is 11.9. The zero-order valence-corrected chi connectivity index (χ0v) is 12.4. The second kappa shape index (κ2) is 6.29. The van der Waals surface area contributed by atoms with Gasteiger partial charge in [0.15, 0.2) is 5.13 Å². The van der Waals surface area contributed by atoms with E-state index in [9.17, 15) is 4.79 Å². The molecule has 0 fully saturated rings. The minimum Gasteiger partial charge on any atom is -0.330 e. The van der Waals surface area contributed by atoms with Crippen molar-refractivity contribution >= 4 is 22.4 Å². The molecule has 0 aromatic carbocycles. The Morgan fingerprint density at radius 2 is 2.22 bits per heavy atom. The van der Waals surface area contributed by atoms with E-state index in [-0.39, 0.29) is 17.2 Å². The third-order valence-corrected chi connectivity index (χ3v) is 3.55. The van der Waals surface area contributed by atoms with Crippen molar-refractivity contribution in [2.75, 3.05) is 11.9 Å². The molecule has 1 unspecified atom stereocenters. The van der Waals surface area contributed by atoms with Gasteiger partial charge in [-0.25, -0.2) is 4.98 Å². The van der Waals surface area contributed by atoms with E-state index in [4.69, 9.17) is 5.73 Å². The summed E-state index contributed by atoms with van der Waals surface area (Å²) in [5, 5.41) is 5.56. The van der Waals surface area contributed by atoms with Gasteiger partial charge >= 0.3 is 0 Å². The number of amides is 1. The number of thiazole rings is 1. The summed E-state index contributed by atoms with van der Waals surface area (Å²) < 4.78 is 0. The summed E-state index contributed by atoms with van der Waals surface area (Å²) in [5.41, 5.74) is 6.47. The van der Waals surface area contributed by atoms with Crippen LogP contribution in [0.25, 0.3) is 0 Å². The van der Waals surface area contributed by atoms with Gasteiger partial charge in [-0.1, -0.05) is 27.7 Å². The Morgan fingerprint density at radius 3 is 2.72 bits per heavy atom. The molecule has 0 spiro atoms. The predicted octanol–water partition coefficient (Wildman–Crippen LogP) is 2.75. The molecule has 0 aliphatic heterocycles. The third-order valence-electron chi connectivity index (χ3n) is 2.79. The quantitative estimate of drug-likeness (QED) is 0.863. The standard InChI is InChI=1S/C13H23N3OS/c1-9(6-5-7-14)11(17)16-12-15-10(8-18-12)13(2,3)4/h8-9H,5-7,14H2,1-4H3,(H,15,16,17). The molecule has 1 aromatic rings. The molecule has 0 saturated carbocycles. The van der Waals surface area contributed by atoms with Gasteiger partial charge in [-0.05, 0) is 19.4 Å². The first-order valence-electron chi connectivity index (χ1n) is 6.31. The van der Waals surface area contributed by atoms with Crippen molar-refractivity contribution in [3.05, 3.63) is 11.1 Å². The summed E-state index contributed by atoms with van der Waals surface area (Å²) >= 11 is 1.48. The molecule has 5 heteroatoms. The lowest BCUT2D eigenvalue weighted by molar-refractivity contribution is -0.119. The molecule has 1 heterocycles. The first-order valence-corrected chi connectivity index (χ1v) is 7.19. The van der Waals surface area contributed by atoms with E-state index < -0.39 is 0 Å². The van der Waals surface area contributed by atoms with Crippen LogP contribution in [0.3, 0.4) is 0 Å². The minimum absolute atomic E-state index is 0.0180. The van der Waals surface area contributed by atoms with Crippen molar-refractivity contribution in [3.8, 4) is 0 Å². The lowest BCUT2D eigenvalue weighted by Crippen LogP contribution is -2.21. The number of carbonyl (C=O) groups is 1. The second-order valence-corrected chi connectivity index (χ2v) is 6.47. The third kappa shape index (κ3) is 4.38. The lowest BCUT2D eigenvalue weighted by atomic mass is 9.93. The van der Waals surface area contributed by atoms with E-state index in [1.807, 2.05) is 12.3 Å².